The molecule has 0 aromatic heterocycles. The van der Waals surface area contributed by atoms with E-state index in [1.165, 1.54) is 5.56 Å². The highest BCUT2D eigenvalue weighted by Crippen LogP contribution is 2.37. The summed E-state index contributed by atoms with van der Waals surface area (Å²) in [6, 6.07) is 6.27. The van der Waals surface area contributed by atoms with Gasteiger partial charge in [-0.3, -0.25) is 4.79 Å². The van der Waals surface area contributed by atoms with Crippen molar-refractivity contribution in [1.82, 2.24) is 0 Å². The van der Waals surface area contributed by atoms with Gasteiger partial charge in [0.05, 0.1) is 5.69 Å². The Labute approximate surface area is 109 Å². The second-order valence-corrected chi connectivity index (χ2v) is 6.08. The molecule has 0 saturated carbocycles. The molecule has 0 spiro atoms. The third-order valence-corrected chi connectivity index (χ3v) is 3.22. The Morgan fingerprint density at radius 3 is 2.50 bits per heavy atom. The van der Waals surface area contributed by atoms with Crippen molar-refractivity contribution >= 4 is 11.6 Å². The van der Waals surface area contributed by atoms with Gasteiger partial charge in [0.15, 0.2) is 6.61 Å². The Hall–Kier alpha value is -1.51. The van der Waals surface area contributed by atoms with Gasteiger partial charge in [-0.25, -0.2) is 0 Å². The fourth-order valence-corrected chi connectivity index (χ4v) is 2.20. The van der Waals surface area contributed by atoms with Crippen LogP contribution >= 0.6 is 0 Å². The molecule has 0 atom stereocenters. The minimum absolute atomic E-state index is 0.0311. The van der Waals surface area contributed by atoms with Crippen LogP contribution in [-0.4, -0.2) is 18.6 Å². The van der Waals surface area contributed by atoms with Gasteiger partial charge in [-0.2, -0.15) is 0 Å². The first-order valence-corrected chi connectivity index (χ1v) is 6.40. The molecule has 3 nitrogen and oxygen atoms in total. The van der Waals surface area contributed by atoms with Crippen molar-refractivity contribution in [3.8, 4) is 5.75 Å². The summed E-state index contributed by atoms with van der Waals surface area (Å²) in [5, 5.41) is 0. The lowest BCUT2D eigenvalue weighted by Crippen LogP contribution is -2.43. The van der Waals surface area contributed by atoms with Crippen molar-refractivity contribution in [2.24, 2.45) is 0 Å². The molecule has 0 radical (unpaired) electrons. The third-order valence-electron chi connectivity index (χ3n) is 3.22. The van der Waals surface area contributed by atoms with Crippen LogP contribution in [0.2, 0.25) is 0 Å². The molecule has 0 aliphatic carbocycles. The minimum Gasteiger partial charge on any atom is -0.482 e. The molecule has 1 heterocycles. The van der Waals surface area contributed by atoms with Gasteiger partial charge in [-0.15, -0.1) is 0 Å². The molecule has 0 unspecified atom stereocenters. The number of nitrogens with zero attached hydrogens (tertiary/aromatic N) is 1. The van der Waals surface area contributed by atoms with Gasteiger partial charge < -0.3 is 9.64 Å². The van der Waals surface area contributed by atoms with Crippen LogP contribution in [0.5, 0.6) is 5.75 Å². The average molecular weight is 247 g/mol. The topological polar surface area (TPSA) is 29.5 Å². The smallest absolute Gasteiger partial charge is 0.265 e. The van der Waals surface area contributed by atoms with Gasteiger partial charge in [0.25, 0.3) is 5.91 Å². The summed E-state index contributed by atoms with van der Waals surface area (Å²) in [5.41, 5.74) is 2.18. The van der Waals surface area contributed by atoms with E-state index in [9.17, 15) is 4.79 Å². The number of amides is 1. The Balaban J connectivity index is 2.52. The number of rotatable bonds is 1. The van der Waals surface area contributed by atoms with Crippen molar-refractivity contribution in [2.75, 3.05) is 11.5 Å². The highest BCUT2D eigenvalue weighted by Gasteiger charge is 2.29. The van der Waals surface area contributed by atoms with Crippen LogP contribution in [0.1, 0.15) is 40.2 Å². The SMILES string of the molecule is CC(C)N1C(=O)COc2ccc(C(C)(C)C)cc21. The highest BCUT2D eigenvalue weighted by atomic mass is 16.5. The lowest BCUT2D eigenvalue weighted by atomic mass is 9.86. The first-order chi connectivity index (χ1) is 8.30. The first kappa shape index (κ1) is 12.9. The summed E-state index contributed by atoms with van der Waals surface area (Å²) in [6.07, 6.45) is 0. The van der Waals surface area contributed by atoms with Gasteiger partial charge in [0, 0.05) is 6.04 Å². The molecule has 0 saturated heterocycles. The summed E-state index contributed by atoms with van der Waals surface area (Å²) in [7, 11) is 0. The van der Waals surface area contributed by atoms with E-state index >= 15 is 0 Å². The van der Waals surface area contributed by atoms with Crippen LogP contribution < -0.4 is 9.64 Å². The number of anilines is 1. The summed E-state index contributed by atoms with van der Waals surface area (Å²) < 4.78 is 5.49. The molecular weight excluding hydrogens is 226 g/mol. The molecule has 2 rings (SSSR count). The fourth-order valence-electron chi connectivity index (χ4n) is 2.20. The summed E-state index contributed by atoms with van der Waals surface area (Å²) in [6.45, 7) is 10.7. The highest BCUT2D eigenvalue weighted by molar-refractivity contribution is 5.98. The van der Waals surface area contributed by atoms with Crippen molar-refractivity contribution in [2.45, 2.75) is 46.1 Å². The number of carbonyl (C=O) groups excluding carboxylic acids is 1. The van der Waals surface area contributed by atoms with Gasteiger partial charge in [-0.05, 0) is 37.0 Å². The molecule has 1 aliphatic heterocycles. The second kappa shape index (κ2) is 4.30. The lowest BCUT2D eigenvalue weighted by molar-refractivity contribution is -0.121. The van der Waals surface area contributed by atoms with E-state index in [0.29, 0.717) is 0 Å². The molecule has 1 aliphatic rings. The number of hydrogen-bond acceptors (Lipinski definition) is 2. The van der Waals surface area contributed by atoms with Crippen molar-refractivity contribution in [3.63, 3.8) is 0 Å². The van der Waals surface area contributed by atoms with Gasteiger partial charge >= 0.3 is 0 Å². The van der Waals surface area contributed by atoms with Crippen LogP contribution in [0.15, 0.2) is 18.2 Å². The maximum Gasteiger partial charge on any atom is 0.265 e. The van der Waals surface area contributed by atoms with E-state index in [1.54, 1.807) is 0 Å². The Morgan fingerprint density at radius 2 is 1.94 bits per heavy atom. The van der Waals surface area contributed by atoms with Crippen LogP contribution in [-0.2, 0) is 10.2 Å². The Morgan fingerprint density at radius 1 is 1.28 bits per heavy atom. The number of fused-ring (bicyclic) bond motifs is 1. The zero-order chi connectivity index (χ0) is 13.5. The molecule has 98 valence electrons. The molecule has 0 fully saturated rings. The summed E-state index contributed by atoms with van der Waals surface area (Å²) in [5.74, 6) is 0.833. The molecule has 1 aromatic carbocycles. The van der Waals surface area contributed by atoms with Crippen LogP contribution in [0.4, 0.5) is 5.69 Å². The number of carbonyl (C=O) groups is 1. The quantitative estimate of drug-likeness (QED) is 0.763. The van der Waals surface area contributed by atoms with Crippen LogP contribution in [0, 0.1) is 0 Å². The predicted molar refractivity (Wildman–Crippen MR) is 73.3 cm³/mol. The summed E-state index contributed by atoms with van der Waals surface area (Å²) in [4.78, 5) is 13.8. The van der Waals surface area contributed by atoms with Gasteiger partial charge in [0.2, 0.25) is 0 Å². The molecule has 1 aromatic rings. The second-order valence-electron chi connectivity index (χ2n) is 6.08. The normalized spacial score (nSPS) is 15.7. The van der Waals surface area contributed by atoms with Crippen LogP contribution in [0.25, 0.3) is 0 Å². The van der Waals surface area contributed by atoms with E-state index in [0.717, 1.165) is 11.4 Å². The molecule has 0 bridgehead atoms. The average Bonchev–Trinajstić information content (AvgIpc) is 2.26. The predicted octanol–water partition coefficient (Wildman–Crippen LogP) is 3.12. The zero-order valence-corrected chi connectivity index (χ0v) is 11.8. The monoisotopic (exact) mass is 247 g/mol. The third kappa shape index (κ3) is 2.22. The maximum absolute atomic E-state index is 12.0. The molecule has 18 heavy (non-hydrogen) atoms. The number of ether oxygens (including phenoxy) is 1. The van der Waals surface area contributed by atoms with Crippen molar-refractivity contribution in [3.05, 3.63) is 23.8 Å². The fraction of sp³-hybridized carbons (Fsp3) is 0.533. The first-order valence-electron chi connectivity index (χ1n) is 6.40. The Bertz CT molecular complexity index is 472. The number of benzene rings is 1. The lowest BCUT2D eigenvalue weighted by Gasteiger charge is -2.33. The van der Waals surface area contributed by atoms with E-state index < -0.39 is 0 Å². The van der Waals surface area contributed by atoms with Crippen molar-refractivity contribution in [1.29, 1.82) is 0 Å². The van der Waals surface area contributed by atoms with E-state index in [4.69, 9.17) is 4.74 Å². The zero-order valence-electron chi connectivity index (χ0n) is 11.8. The standard InChI is InChI=1S/C15H21NO2/c1-10(2)16-12-8-11(15(3,4)5)6-7-13(12)18-9-14(16)17/h6-8,10H,9H2,1-5H3. The largest absolute Gasteiger partial charge is 0.482 e. The van der Waals surface area contributed by atoms with Crippen LogP contribution in [0.3, 0.4) is 0 Å². The molecular formula is C15H21NO2. The van der Waals surface area contributed by atoms with E-state index in [-0.39, 0.29) is 24.0 Å². The van der Waals surface area contributed by atoms with Gasteiger partial charge in [-0.1, -0.05) is 26.8 Å². The van der Waals surface area contributed by atoms with E-state index in [2.05, 4.69) is 32.9 Å². The maximum atomic E-state index is 12.0. The Kier molecular flexibility index (Phi) is 3.09. The molecule has 1 amide bonds. The van der Waals surface area contributed by atoms with Crippen molar-refractivity contribution < 1.29 is 9.53 Å². The van der Waals surface area contributed by atoms with Gasteiger partial charge in [0.1, 0.15) is 5.75 Å². The molecule has 3 heteroatoms. The minimum atomic E-state index is 0.0311. The summed E-state index contributed by atoms with van der Waals surface area (Å²) >= 11 is 0. The molecule has 0 N–H and O–H groups in total. The van der Waals surface area contributed by atoms with E-state index in [1.807, 2.05) is 24.8 Å². The number of hydrogen-bond donors (Lipinski definition) is 0.